The third-order valence-corrected chi connectivity index (χ3v) is 5.49. The number of rotatable bonds is 4. The number of anilines is 1. The number of carbonyl (C=O) groups excluding carboxylic acids is 1. The minimum absolute atomic E-state index is 0.0166. The van der Waals surface area contributed by atoms with Gasteiger partial charge in [-0.2, -0.15) is 0 Å². The zero-order valence-electron chi connectivity index (χ0n) is 12.5. The molecule has 2 rings (SSSR count). The number of hydrogen-bond acceptors (Lipinski definition) is 4. The van der Waals surface area contributed by atoms with Gasteiger partial charge in [0, 0.05) is 13.1 Å². The number of carbonyl (C=O) groups is 2. The Labute approximate surface area is 133 Å². The van der Waals surface area contributed by atoms with Crippen molar-refractivity contribution in [3.63, 3.8) is 0 Å². The lowest BCUT2D eigenvalue weighted by Gasteiger charge is -2.18. The fourth-order valence-electron chi connectivity index (χ4n) is 2.35. The van der Waals surface area contributed by atoms with Crippen LogP contribution in [0, 0.1) is 11.7 Å². The summed E-state index contributed by atoms with van der Waals surface area (Å²) >= 11 is 0. The Morgan fingerprint density at radius 2 is 2.13 bits per heavy atom. The topological polar surface area (TPSA) is 104 Å². The van der Waals surface area contributed by atoms with Crippen molar-refractivity contribution in [1.82, 2.24) is 4.90 Å². The van der Waals surface area contributed by atoms with Gasteiger partial charge in [0.15, 0.2) is 9.84 Å². The normalized spacial score (nSPS) is 18.0. The standard InChI is InChI=1S/C14H17FN2O5S/c1-2-23(21,22)12-7-10(15)3-4-11(12)16-14(20)17-6-5-9(8-17)13(18)19/h3-4,7,9H,2,5-6,8H2,1H3,(H,16,20)(H,18,19). The summed E-state index contributed by atoms with van der Waals surface area (Å²) in [5.41, 5.74) is -0.0166. The van der Waals surface area contributed by atoms with Crippen LogP contribution in [0.4, 0.5) is 14.9 Å². The van der Waals surface area contributed by atoms with Gasteiger partial charge < -0.3 is 15.3 Å². The number of benzene rings is 1. The Balaban J connectivity index is 2.21. The highest BCUT2D eigenvalue weighted by atomic mass is 32.2. The molecule has 2 N–H and O–H groups in total. The van der Waals surface area contributed by atoms with E-state index in [2.05, 4.69) is 5.32 Å². The van der Waals surface area contributed by atoms with Crippen molar-refractivity contribution in [2.75, 3.05) is 24.2 Å². The SMILES string of the molecule is CCS(=O)(=O)c1cc(F)ccc1NC(=O)N1CCC(C(=O)O)C1. The molecule has 1 unspecified atom stereocenters. The first kappa shape index (κ1) is 17.2. The fourth-order valence-corrected chi connectivity index (χ4v) is 3.41. The Bertz CT molecular complexity index is 735. The molecule has 1 aliphatic heterocycles. The van der Waals surface area contributed by atoms with E-state index in [1.165, 1.54) is 17.9 Å². The largest absolute Gasteiger partial charge is 0.481 e. The highest BCUT2D eigenvalue weighted by Gasteiger charge is 2.31. The van der Waals surface area contributed by atoms with Crippen LogP contribution in [-0.2, 0) is 14.6 Å². The molecule has 1 atom stereocenters. The van der Waals surface area contributed by atoms with Crippen LogP contribution in [0.25, 0.3) is 0 Å². The van der Waals surface area contributed by atoms with Gasteiger partial charge in [-0.25, -0.2) is 17.6 Å². The third-order valence-electron chi connectivity index (χ3n) is 3.73. The van der Waals surface area contributed by atoms with Crippen molar-refractivity contribution in [3.05, 3.63) is 24.0 Å². The second kappa shape index (κ2) is 6.53. The van der Waals surface area contributed by atoms with Gasteiger partial charge >= 0.3 is 12.0 Å². The van der Waals surface area contributed by atoms with Gasteiger partial charge in [-0.05, 0) is 24.6 Å². The molecule has 1 heterocycles. The first-order chi connectivity index (χ1) is 10.7. The van der Waals surface area contributed by atoms with Crippen molar-refractivity contribution >= 4 is 27.5 Å². The summed E-state index contributed by atoms with van der Waals surface area (Å²) in [6.45, 7) is 1.74. The molecule has 1 fully saturated rings. The molecular formula is C14H17FN2O5S. The summed E-state index contributed by atoms with van der Waals surface area (Å²) in [5.74, 6) is -2.56. The summed E-state index contributed by atoms with van der Waals surface area (Å²) in [4.78, 5) is 24.1. The predicted molar refractivity (Wildman–Crippen MR) is 80.5 cm³/mol. The lowest BCUT2D eigenvalue weighted by Crippen LogP contribution is -2.34. The lowest BCUT2D eigenvalue weighted by atomic mass is 10.1. The van der Waals surface area contributed by atoms with Crippen LogP contribution in [0.15, 0.2) is 23.1 Å². The maximum absolute atomic E-state index is 13.3. The molecule has 9 heteroatoms. The lowest BCUT2D eigenvalue weighted by molar-refractivity contribution is -0.141. The van der Waals surface area contributed by atoms with Crippen LogP contribution < -0.4 is 5.32 Å². The van der Waals surface area contributed by atoms with E-state index in [0.29, 0.717) is 6.42 Å². The van der Waals surface area contributed by atoms with E-state index in [9.17, 15) is 22.4 Å². The highest BCUT2D eigenvalue weighted by Crippen LogP contribution is 2.25. The number of hydrogen-bond donors (Lipinski definition) is 2. The average Bonchev–Trinajstić information content (AvgIpc) is 2.99. The van der Waals surface area contributed by atoms with Crippen LogP contribution in [-0.4, -0.2) is 49.3 Å². The van der Waals surface area contributed by atoms with E-state index in [1.54, 1.807) is 0 Å². The Kier molecular flexibility index (Phi) is 4.88. The Morgan fingerprint density at radius 1 is 1.43 bits per heavy atom. The van der Waals surface area contributed by atoms with Crippen LogP contribution in [0.3, 0.4) is 0 Å². The molecule has 1 aromatic carbocycles. The molecule has 0 bridgehead atoms. The number of carboxylic acid groups (broad SMARTS) is 1. The number of amides is 2. The van der Waals surface area contributed by atoms with Crippen LogP contribution in [0.1, 0.15) is 13.3 Å². The molecule has 0 saturated carbocycles. The molecule has 1 saturated heterocycles. The maximum atomic E-state index is 13.3. The van der Waals surface area contributed by atoms with Crippen LogP contribution in [0.2, 0.25) is 0 Å². The molecule has 0 radical (unpaired) electrons. The zero-order chi connectivity index (χ0) is 17.2. The second-order valence-electron chi connectivity index (χ2n) is 5.24. The van der Waals surface area contributed by atoms with Crippen molar-refractivity contribution < 1.29 is 27.5 Å². The summed E-state index contributed by atoms with van der Waals surface area (Å²) < 4.78 is 37.4. The van der Waals surface area contributed by atoms with Gasteiger partial charge in [0.1, 0.15) is 5.82 Å². The number of sulfone groups is 1. The number of likely N-dealkylation sites (tertiary alicyclic amines) is 1. The number of aliphatic carboxylic acids is 1. The van der Waals surface area contributed by atoms with Gasteiger partial charge in [0.2, 0.25) is 0 Å². The first-order valence-corrected chi connectivity index (χ1v) is 8.71. The highest BCUT2D eigenvalue weighted by molar-refractivity contribution is 7.91. The van der Waals surface area contributed by atoms with E-state index < -0.39 is 33.6 Å². The molecule has 7 nitrogen and oxygen atoms in total. The van der Waals surface area contributed by atoms with E-state index in [-0.39, 0.29) is 29.4 Å². The van der Waals surface area contributed by atoms with E-state index in [1.807, 2.05) is 0 Å². The molecule has 2 amide bonds. The first-order valence-electron chi connectivity index (χ1n) is 7.05. The fraction of sp³-hybridized carbons (Fsp3) is 0.429. The van der Waals surface area contributed by atoms with Gasteiger partial charge in [-0.15, -0.1) is 0 Å². The van der Waals surface area contributed by atoms with Gasteiger partial charge in [0.05, 0.1) is 22.3 Å². The van der Waals surface area contributed by atoms with Crippen LogP contribution in [0.5, 0.6) is 0 Å². The van der Waals surface area contributed by atoms with E-state index >= 15 is 0 Å². The summed E-state index contributed by atoms with van der Waals surface area (Å²) in [7, 11) is -3.71. The van der Waals surface area contributed by atoms with Crippen molar-refractivity contribution in [1.29, 1.82) is 0 Å². The van der Waals surface area contributed by atoms with Crippen molar-refractivity contribution in [2.45, 2.75) is 18.2 Å². The number of nitrogens with zero attached hydrogens (tertiary/aromatic N) is 1. The quantitative estimate of drug-likeness (QED) is 0.862. The number of urea groups is 1. The Hall–Kier alpha value is -2.16. The molecule has 126 valence electrons. The molecule has 23 heavy (non-hydrogen) atoms. The predicted octanol–water partition coefficient (Wildman–Crippen LogP) is 1.56. The second-order valence-corrected chi connectivity index (χ2v) is 7.49. The molecule has 0 aliphatic carbocycles. The van der Waals surface area contributed by atoms with Gasteiger partial charge in [-0.1, -0.05) is 6.92 Å². The van der Waals surface area contributed by atoms with E-state index in [4.69, 9.17) is 5.11 Å². The maximum Gasteiger partial charge on any atom is 0.321 e. The summed E-state index contributed by atoms with van der Waals surface area (Å²) in [6.07, 6.45) is 0.340. The molecule has 0 aromatic heterocycles. The minimum atomic E-state index is -3.71. The van der Waals surface area contributed by atoms with Crippen molar-refractivity contribution in [3.8, 4) is 0 Å². The summed E-state index contributed by atoms with van der Waals surface area (Å²) in [6, 6.07) is 2.49. The molecule has 1 aromatic rings. The zero-order valence-corrected chi connectivity index (χ0v) is 13.3. The average molecular weight is 344 g/mol. The van der Waals surface area contributed by atoms with Crippen molar-refractivity contribution in [2.24, 2.45) is 5.92 Å². The number of nitrogens with one attached hydrogen (secondary N) is 1. The molecule has 1 aliphatic rings. The number of carboxylic acids is 1. The minimum Gasteiger partial charge on any atom is -0.481 e. The smallest absolute Gasteiger partial charge is 0.321 e. The summed E-state index contributed by atoms with van der Waals surface area (Å²) in [5, 5.41) is 11.4. The monoisotopic (exact) mass is 344 g/mol. The molecular weight excluding hydrogens is 327 g/mol. The van der Waals surface area contributed by atoms with Gasteiger partial charge in [-0.3, -0.25) is 4.79 Å². The van der Waals surface area contributed by atoms with E-state index in [0.717, 1.165) is 12.1 Å². The Morgan fingerprint density at radius 3 is 2.70 bits per heavy atom. The van der Waals surface area contributed by atoms with Crippen LogP contribution >= 0.6 is 0 Å². The van der Waals surface area contributed by atoms with Gasteiger partial charge in [0.25, 0.3) is 0 Å². The number of halogens is 1. The third kappa shape index (κ3) is 3.79. The molecule has 0 spiro atoms.